The van der Waals surface area contributed by atoms with E-state index in [1.54, 1.807) is 12.3 Å². The molecule has 1 aliphatic carbocycles. The van der Waals surface area contributed by atoms with Crippen molar-refractivity contribution in [1.29, 1.82) is 0 Å². The lowest BCUT2D eigenvalue weighted by molar-refractivity contribution is -0.117. The molecule has 5 rings (SSSR count). The van der Waals surface area contributed by atoms with Gasteiger partial charge in [0.1, 0.15) is 0 Å². The van der Waals surface area contributed by atoms with Crippen LogP contribution >= 0.6 is 0 Å². The quantitative estimate of drug-likeness (QED) is 0.617. The minimum absolute atomic E-state index is 0.0100. The van der Waals surface area contributed by atoms with Gasteiger partial charge in [-0.05, 0) is 35.6 Å². The summed E-state index contributed by atoms with van der Waals surface area (Å²) in [5.41, 5.74) is 7.47. The summed E-state index contributed by atoms with van der Waals surface area (Å²) in [7, 11) is 1.94. The maximum atomic E-state index is 12.7. The van der Waals surface area contributed by atoms with Crippen LogP contribution in [0.3, 0.4) is 0 Å². The second-order valence-electron chi connectivity index (χ2n) is 7.16. The Kier molecular flexibility index (Phi) is 3.43. The number of amides is 2. The predicted octanol–water partition coefficient (Wildman–Crippen LogP) is 1.25. The lowest BCUT2D eigenvalue weighted by atomic mass is 9.96. The molecule has 132 valence electrons. The Hall–Kier alpha value is -3.35. The van der Waals surface area contributed by atoms with E-state index in [-0.39, 0.29) is 23.7 Å². The van der Waals surface area contributed by atoms with Crippen LogP contribution in [0.5, 0.6) is 0 Å². The van der Waals surface area contributed by atoms with E-state index in [0.29, 0.717) is 11.3 Å². The van der Waals surface area contributed by atoms with Gasteiger partial charge in [0.05, 0.1) is 11.8 Å². The SMILES string of the molecule is Bc1[nH]c2cc(NC(=O)[C@@H]3C[C@H]3c3ccccc3)cc3c2c1C=NNC3=O. The molecular formula is C20H17BN4O2. The van der Waals surface area contributed by atoms with Crippen molar-refractivity contribution in [2.24, 2.45) is 11.0 Å². The highest BCUT2D eigenvalue weighted by Crippen LogP contribution is 2.48. The number of H-pyrrole nitrogens is 1. The molecule has 0 radical (unpaired) electrons. The number of nitrogens with one attached hydrogen (secondary N) is 3. The molecule has 2 aromatic carbocycles. The van der Waals surface area contributed by atoms with E-state index in [9.17, 15) is 9.59 Å². The molecule has 1 saturated carbocycles. The van der Waals surface area contributed by atoms with E-state index in [1.807, 2.05) is 32.1 Å². The standard InChI is InChI=1S/C20H17BN4O2/c21-18-15-9-22-25-20(27)14-6-11(7-16(24-18)17(14)15)23-19(26)13-8-12(13)10-4-2-1-3-5-10/h1-7,9,12-13,24H,8,21H2,(H,23,26)(H,25,27)/t12-,13+/m0/s1. The number of carbonyl (C=O) groups excluding carboxylic acids is 2. The van der Waals surface area contributed by atoms with Crippen LogP contribution in [0, 0.1) is 5.92 Å². The van der Waals surface area contributed by atoms with E-state index in [2.05, 4.69) is 33.0 Å². The van der Waals surface area contributed by atoms with E-state index >= 15 is 0 Å². The predicted molar refractivity (Wildman–Crippen MR) is 107 cm³/mol. The Labute approximate surface area is 156 Å². The third-order valence-electron chi connectivity index (χ3n) is 5.36. The number of rotatable bonds is 3. The molecule has 1 fully saturated rings. The number of aromatic nitrogens is 1. The summed E-state index contributed by atoms with van der Waals surface area (Å²) < 4.78 is 0. The van der Waals surface area contributed by atoms with Crippen LogP contribution in [-0.2, 0) is 4.79 Å². The van der Waals surface area contributed by atoms with Crippen molar-refractivity contribution in [3.05, 3.63) is 59.2 Å². The lowest BCUT2D eigenvalue weighted by Gasteiger charge is -2.08. The third kappa shape index (κ3) is 2.63. The molecule has 7 heteroatoms. The number of carbonyl (C=O) groups is 2. The van der Waals surface area contributed by atoms with Crippen molar-refractivity contribution in [3.8, 4) is 0 Å². The Morgan fingerprint density at radius 1 is 1.22 bits per heavy atom. The summed E-state index contributed by atoms with van der Waals surface area (Å²) in [6.07, 6.45) is 2.50. The van der Waals surface area contributed by atoms with Gasteiger partial charge in [-0.3, -0.25) is 9.59 Å². The van der Waals surface area contributed by atoms with E-state index in [1.165, 1.54) is 5.56 Å². The van der Waals surface area contributed by atoms with Crippen LogP contribution in [0.2, 0.25) is 0 Å². The zero-order chi connectivity index (χ0) is 18.5. The van der Waals surface area contributed by atoms with Crippen molar-refractivity contribution in [2.45, 2.75) is 12.3 Å². The van der Waals surface area contributed by atoms with Gasteiger partial charge < -0.3 is 10.3 Å². The molecular weight excluding hydrogens is 339 g/mol. The van der Waals surface area contributed by atoms with Crippen molar-refractivity contribution in [1.82, 2.24) is 10.4 Å². The second kappa shape index (κ2) is 5.84. The summed E-state index contributed by atoms with van der Waals surface area (Å²) in [4.78, 5) is 28.3. The summed E-state index contributed by atoms with van der Waals surface area (Å²) >= 11 is 0. The first-order valence-electron chi connectivity index (χ1n) is 8.97. The molecule has 3 aromatic rings. The molecule has 0 unspecified atom stereocenters. The Bertz CT molecular complexity index is 1120. The topological polar surface area (TPSA) is 86.3 Å². The fraction of sp³-hybridized carbons (Fsp3) is 0.150. The van der Waals surface area contributed by atoms with Crippen LogP contribution in [0.25, 0.3) is 10.9 Å². The molecule has 2 heterocycles. The normalized spacial score (nSPS) is 20.2. The first-order valence-corrected chi connectivity index (χ1v) is 8.97. The van der Waals surface area contributed by atoms with Crippen LogP contribution in [-0.4, -0.2) is 30.9 Å². The van der Waals surface area contributed by atoms with E-state index < -0.39 is 0 Å². The smallest absolute Gasteiger partial charge is 0.272 e. The summed E-state index contributed by atoms with van der Waals surface area (Å²) in [5, 5.41) is 7.78. The fourth-order valence-corrected chi connectivity index (χ4v) is 3.90. The monoisotopic (exact) mass is 356 g/mol. The van der Waals surface area contributed by atoms with Gasteiger partial charge in [-0.2, -0.15) is 5.10 Å². The second-order valence-corrected chi connectivity index (χ2v) is 7.16. The highest BCUT2D eigenvalue weighted by Gasteiger charge is 2.43. The number of hydrogen-bond donors (Lipinski definition) is 3. The molecule has 2 amide bonds. The van der Waals surface area contributed by atoms with Gasteiger partial charge >= 0.3 is 0 Å². The number of hydrogen-bond acceptors (Lipinski definition) is 3. The molecule has 2 atom stereocenters. The van der Waals surface area contributed by atoms with Gasteiger partial charge in [0.2, 0.25) is 5.91 Å². The van der Waals surface area contributed by atoms with E-state index in [4.69, 9.17) is 0 Å². The molecule has 2 aliphatic rings. The highest BCUT2D eigenvalue weighted by atomic mass is 16.2. The Balaban J connectivity index is 1.44. The third-order valence-corrected chi connectivity index (χ3v) is 5.36. The van der Waals surface area contributed by atoms with Gasteiger partial charge in [0.15, 0.2) is 7.85 Å². The lowest BCUT2D eigenvalue weighted by Crippen LogP contribution is -2.18. The highest BCUT2D eigenvalue weighted by molar-refractivity contribution is 6.38. The Morgan fingerprint density at radius 3 is 2.85 bits per heavy atom. The first-order chi connectivity index (χ1) is 13.1. The van der Waals surface area contributed by atoms with Gasteiger partial charge in [-0.1, -0.05) is 30.3 Å². The Morgan fingerprint density at radius 2 is 2.04 bits per heavy atom. The molecule has 27 heavy (non-hydrogen) atoms. The van der Waals surface area contributed by atoms with Crippen molar-refractivity contribution < 1.29 is 9.59 Å². The summed E-state index contributed by atoms with van der Waals surface area (Å²) in [6.45, 7) is 0. The van der Waals surface area contributed by atoms with Crippen molar-refractivity contribution in [2.75, 3.05) is 5.32 Å². The average molecular weight is 356 g/mol. The van der Waals surface area contributed by atoms with Crippen LogP contribution in [0.15, 0.2) is 47.6 Å². The maximum Gasteiger partial charge on any atom is 0.272 e. The summed E-state index contributed by atoms with van der Waals surface area (Å²) in [6, 6.07) is 13.7. The largest absolute Gasteiger partial charge is 0.367 e. The van der Waals surface area contributed by atoms with Crippen molar-refractivity contribution >= 4 is 48.1 Å². The maximum absolute atomic E-state index is 12.7. The number of nitrogens with zero attached hydrogens (tertiary/aromatic N) is 1. The minimum Gasteiger partial charge on any atom is -0.367 e. The molecule has 1 aromatic heterocycles. The summed E-state index contributed by atoms with van der Waals surface area (Å²) in [5.74, 6) is -0.0456. The average Bonchev–Trinajstić information content (AvgIpc) is 3.42. The molecule has 0 bridgehead atoms. The van der Waals surface area contributed by atoms with Gasteiger partial charge in [0.25, 0.3) is 5.91 Å². The first kappa shape index (κ1) is 15.9. The minimum atomic E-state index is -0.279. The number of benzene rings is 2. The molecule has 0 spiro atoms. The number of aromatic amines is 1. The van der Waals surface area contributed by atoms with Gasteiger partial charge in [0, 0.05) is 28.1 Å². The fourth-order valence-electron chi connectivity index (χ4n) is 3.90. The molecule has 0 saturated heterocycles. The van der Waals surface area contributed by atoms with E-state index in [0.717, 1.165) is 28.5 Å². The van der Waals surface area contributed by atoms with Crippen LogP contribution in [0.1, 0.15) is 33.8 Å². The zero-order valence-corrected chi connectivity index (χ0v) is 14.7. The molecule has 3 N–H and O–H groups in total. The number of anilines is 1. The van der Waals surface area contributed by atoms with Gasteiger partial charge in [-0.25, -0.2) is 5.43 Å². The molecule has 1 aliphatic heterocycles. The molecule has 6 nitrogen and oxygen atoms in total. The van der Waals surface area contributed by atoms with Crippen LogP contribution in [0.4, 0.5) is 5.69 Å². The zero-order valence-electron chi connectivity index (χ0n) is 14.7. The van der Waals surface area contributed by atoms with Crippen LogP contribution < -0.4 is 16.3 Å². The number of hydrazone groups is 1. The van der Waals surface area contributed by atoms with Gasteiger partial charge in [-0.15, -0.1) is 0 Å². The van der Waals surface area contributed by atoms with Crippen molar-refractivity contribution in [3.63, 3.8) is 0 Å².